The first-order valence-corrected chi connectivity index (χ1v) is 7.86. The monoisotopic (exact) mass is 298 g/mol. The van der Waals surface area contributed by atoms with Gasteiger partial charge < -0.3 is 16.2 Å². The van der Waals surface area contributed by atoms with Gasteiger partial charge in [0, 0.05) is 11.3 Å². The van der Waals surface area contributed by atoms with E-state index in [9.17, 15) is 0 Å². The lowest BCUT2D eigenvalue weighted by atomic mass is 9.89. The first-order chi connectivity index (χ1) is 10.4. The van der Waals surface area contributed by atoms with Crippen molar-refractivity contribution in [2.75, 3.05) is 6.61 Å². The fourth-order valence-corrected chi connectivity index (χ4v) is 2.72. The van der Waals surface area contributed by atoms with Gasteiger partial charge in [-0.2, -0.15) is 0 Å². The van der Waals surface area contributed by atoms with Gasteiger partial charge in [0.2, 0.25) is 0 Å². The molecule has 0 aromatic heterocycles. The maximum Gasteiger partial charge on any atom is 0.0678 e. The Bertz CT molecular complexity index is 612. The second-order valence-corrected chi connectivity index (χ2v) is 6.47. The van der Waals surface area contributed by atoms with Crippen LogP contribution in [0.1, 0.15) is 42.9 Å². The number of rotatable bonds is 1. The molecule has 1 aromatic rings. The van der Waals surface area contributed by atoms with Gasteiger partial charge in [0.1, 0.15) is 0 Å². The number of hydrogen-bond donors (Lipinski definition) is 3. The molecule has 0 bridgehead atoms. The number of aliphatic hydroxyl groups is 1. The molecule has 0 amide bonds. The molecule has 3 nitrogen and oxygen atoms in total. The van der Waals surface area contributed by atoms with E-state index in [0.717, 1.165) is 37.0 Å². The SMILES string of the molecule is CC1(N)C=CC(CO)=CC1.Cc1ccc2c(c1)CCCC2=N. The molecule has 22 heavy (non-hydrogen) atoms. The topological polar surface area (TPSA) is 70.1 Å². The predicted molar refractivity (Wildman–Crippen MR) is 92.5 cm³/mol. The molecule has 2 aliphatic rings. The number of aliphatic hydroxyl groups excluding tert-OH is 1. The predicted octanol–water partition coefficient (Wildman–Crippen LogP) is 3.28. The lowest BCUT2D eigenvalue weighted by molar-refractivity contribution is 0.333. The van der Waals surface area contributed by atoms with Crippen LogP contribution in [0.3, 0.4) is 0 Å². The minimum Gasteiger partial charge on any atom is -0.392 e. The Labute approximate surface area is 133 Å². The van der Waals surface area contributed by atoms with Crippen LogP contribution in [0.25, 0.3) is 0 Å². The van der Waals surface area contributed by atoms with Gasteiger partial charge in [0.05, 0.1) is 6.61 Å². The highest BCUT2D eigenvalue weighted by Gasteiger charge is 2.15. The molecule has 0 aliphatic heterocycles. The van der Waals surface area contributed by atoms with E-state index >= 15 is 0 Å². The van der Waals surface area contributed by atoms with Gasteiger partial charge >= 0.3 is 0 Å². The van der Waals surface area contributed by atoms with E-state index in [1.165, 1.54) is 16.7 Å². The molecular formula is C19H26N2O. The van der Waals surface area contributed by atoms with E-state index < -0.39 is 0 Å². The summed E-state index contributed by atoms with van der Waals surface area (Å²) in [5.41, 5.74) is 11.2. The number of aryl methyl sites for hydroxylation is 2. The molecule has 1 atom stereocenters. The number of nitrogens with one attached hydrogen (secondary N) is 1. The van der Waals surface area contributed by atoms with Crippen LogP contribution in [0, 0.1) is 12.3 Å². The average molecular weight is 298 g/mol. The van der Waals surface area contributed by atoms with Crippen molar-refractivity contribution in [2.45, 2.75) is 45.1 Å². The zero-order valence-corrected chi connectivity index (χ0v) is 13.5. The van der Waals surface area contributed by atoms with E-state index in [2.05, 4.69) is 25.1 Å². The summed E-state index contributed by atoms with van der Waals surface area (Å²) in [4.78, 5) is 0. The molecule has 118 valence electrons. The third-order valence-electron chi connectivity index (χ3n) is 4.12. The summed E-state index contributed by atoms with van der Waals surface area (Å²) in [6, 6.07) is 6.40. The zero-order valence-electron chi connectivity index (χ0n) is 13.5. The van der Waals surface area contributed by atoms with E-state index in [-0.39, 0.29) is 12.1 Å². The molecule has 0 saturated carbocycles. The van der Waals surface area contributed by atoms with Crippen LogP contribution >= 0.6 is 0 Å². The van der Waals surface area contributed by atoms with Crippen molar-refractivity contribution in [2.24, 2.45) is 5.73 Å². The van der Waals surface area contributed by atoms with Crippen molar-refractivity contribution in [3.8, 4) is 0 Å². The molecule has 4 N–H and O–H groups in total. The molecule has 0 heterocycles. The quantitative estimate of drug-likeness (QED) is 0.744. The maximum absolute atomic E-state index is 8.70. The molecule has 3 heteroatoms. The summed E-state index contributed by atoms with van der Waals surface area (Å²) >= 11 is 0. The first-order valence-electron chi connectivity index (χ1n) is 7.86. The standard InChI is InChI=1S/C11H13N.C8H13NO/c1-8-5-6-10-9(7-8)3-2-4-11(10)12;1-8(9)4-2-7(6-10)3-5-8/h5-7,12H,2-4H2,1H3;2-4,10H,5-6,9H2,1H3. The van der Waals surface area contributed by atoms with E-state index in [0.29, 0.717) is 0 Å². The van der Waals surface area contributed by atoms with E-state index in [1.54, 1.807) is 0 Å². The highest BCUT2D eigenvalue weighted by atomic mass is 16.3. The summed E-state index contributed by atoms with van der Waals surface area (Å²) in [6.45, 7) is 4.19. The third-order valence-corrected chi connectivity index (χ3v) is 4.12. The summed E-state index contributed by atoms with van der Waals surface area (Å²) in [5, 5.41) is 16.4. The molecule has 1 aromatic carbocycles. The summed E-state index contributed by atoms with van der Waals surface area (Å²) in [5.74, 6) is 0. The number of benzene rings is 1. The second-order valence-electron chi connectivity index (χ2n) is 6.47. The van der Waals surface area contributed by atoms with Gasteiger partial charge in [-0.15, -0.1) is 0 Å². The Morgan fingerprint density at radius 2 is 2.09 bits per heavy atom. The van der Waals surface area contributed by atoms with Crippen LogP contribution in [0.4, 0.5) is 0 Å². The lowest BCUT2D eigenvalue weighted by Crippen LogP contribution is -2.34. The Balaban J connectivity index is 0.000000164. The lowest BCUT2D eigenvalue weighted by Gasteiger charge is -2.21. The Hall–Kier alpha value is -1.71. The van der Waals surface area contributed by atoms with E-state index in [4.69, 9.17) is 16.2 Å². The molecule has 0 spiro atoms. The van der Waals surface area contributed by atoms with Gasteiger partial charge in [0.15, 0.2) is 0 Å². The molecule has 3 rings (SSSR count). The minimum absolute atomic E-state index is 0.118. The second kappa shape index (κ2) is 7.03. The summed E-state index contributed by atoms with van der Waals surface area (Å²) in [7, 11) is 0. The highest BCUT2D eigenvalue weighted by Crippen LogP contribution is 2.21. The first kappa shape index (κ1) is 16.7. The number of hydrogen-bond acceptors (Lipinski definition) is 3. The van der Waals surface area contributed by atoms with Crippen LogP contribution in [-0.2, 0) is 6.42 Å². The number of fused-ring (bicyclic) bond motifs is 1. The largest absolute Gasteiger partial charge is 0.392 e. The van der Waals surface area contributed by atoms with E-state index in [1.807, 2.05) is 25.2 Å². The Morgan fingerprint density at radius 3 is 2.73 bits per heavy atom. The normalized spacial score (nSPS) is 23.3. The van der Waals surface area contributed by atoms with Crippen molar-refractivity contribution in [3.63, 3.8) is 0 Å². The smallest absolute Gasteiger partial charge is 0.0678 e. The van der Waals surface area contributed by atoms with Crippen molar-refractivity contribution >= 4 is 5.71 Å². The third kappa shape index (κ3) is 4.39. The maximum atomic E-state index is 8.70. The summed E-state index contributed by atoms with van der Waals surface area (Å²) < 4.78 is 0. The van der Waals surface area contributed by atoms with Crippen molar-refractivity contribution in [1.29, 1.82) is 5.41 Å². The molecule has 0 saturated heterocycles. The van der Waals surface area contributed by atoms with Crippen LogP contribution in [-0.4, -0.2) is 23.0 Å². The van der Waals surface area contributed by atoms with Crippen molar-refractivity contribution < 1.29 is 5.11 Å². The Morgan fingerprint density at radius 1 is 1.32 bits per heavy atom. The van der Waals surface area contributed by atoms with Crippen LogP contribution < -0.4 is 5.73 Å². The van der Waals surface area contributed by atoms with Gasteiger partial charge in [-0.3, -0.25) is 0 Å². The minimum atomic E-state index is -0.210. The van der Waals surface area contributed by atoms with Crippen LogP contribution in [0.2, 0.25) is 0 Å². The average Bonchev–Trinajstić information content (AvgIpc) is 2.48. The van der Waals surface area contributed by atoms with Gasteiger partial charge in [0.25, 0.3) is 0 Å². The number of nitrogens with two attached hydrogens (primary N) is 1. The van der Waals surface area contributed by atoms with Crippen LogP contribution in [0.15, 0.2) is 42.0 Å². The molecular weight excluding hydrogens is 272 g/mol. The van der Waals surface area contributed by atoms with Crippen molar-refractivity contribution in [1.82, 2.24) is 0 Å². The van der Waals surface area contributed by atoms with Crippen molar-refractivity contribution in [3.05, 3.63) is 58.7 Å². The molecule has 0 radical (unpaired) electrons. The molecule has 1 unspecified atom stereocenters. The Kier molecular flexibility index (Phi) is 5.33. The fraction of sp³-hybridized carbons (Fsp3) is 0.421. The summed E-state index contributed by atoms with van der Waals surface area (Å²) in [6.07, 6.45) is 9.85. The van der Waals surface area contributed by atoms with Gasteiger partial charge in [-0.1, -0.05) is 42.0 Å². The molecule has 2 aliphatic carbocycles. The zero-order chi connectivity index (χ0) is 16.2. The van der Waals surface area contributed by atoms with Gasteiger partial charge in [-0.05, 0) is 56.2 Å². The van der Waals surface area contributed by atoms with Crippen LogP contribution in [0.5, 0.6) is 0 Å². The van der Waals surface area contributed by atoms with Gasteiger partial charge in [-0.25, -0.2) is 0 Å². The fourth-order valence-electron chi connectivity index (χ4n) is 2.72. The highest BCUT2D eigenvalue weighted by molar-refractivity contribution is 6.00. The molecule has 0 fully saturated rings.